The van der Waals surface area contributed by atoms with Crippen LogP contribution in [0.4, 0.5) is 0 Å². The van der Waals surface area contributed by atoms with E-state index >= 15 is 0 Å². The summed E-state index contributed by atoms with van der Waals surface area (Å²) in [5.74, 6) is 0.919. The zero-order valence-electron chi connectivity index (χ0n) is 12.4. The molecule has 2 rings (SSSR count). The van der Waals surface area contributed by atoms with E-state index in [1.54, 1.807) is 12.1 Å². The van der Waals surface area contributed by atoms with E-state index in [4.69, 9.17) is 11.6 Å². The molecule has 1 aromatic rings. The van der Waals surface area contributed by atoms with Crippen LogP contribution in [0.2, 0.25) is 5.02 Å². The topological polar surface area (TPSA) is 20.3 Å². The molecule has 0 amide bonds. The van der Waals surface area contributed by atoms with Crippen molar-refractivity contribution in [1.82, 2.24) is 4.90 Å². The number of hydrogen-bond acceptors (Lipinski definition) is 2. The zero-order chi connectivity index (χ0) is 14.5. The molecule has 0 aromatic heterocycles. The van der Waals surface area contributed by atoms with E-state index in [-0.39, 0.29) is 5.78 Å². The van der Waals surface area contributed by atoms with Crippen LogP contribution in [-0.4, -0.2) is 29.8 Å². The molecule has 3 heteroatoms. The average Bonchev–Trinajstić information content (AvgIpc) is 3.22. The molecule has 0 aliphatic heterocycles. The highest BCUT2D eigenvalue weighted by atomic mass is 35.5. The Balaban J connectivity index is 1.84. The van der Waals surface area contributed by atoms with Gasteiger partial charge < -0.3 is 0 Å². The molecule has 0 bridgehead atoms. The molecule has 0 atom stereocenters. The van der Waals surface area contributed by atoms with E-state index in [2.05, 4.69) is 18.7 Å². The fraction of sp³-hybridized carbons (Fsp3) is 0.588. The molecule has 2 nitrogen and oxygen atoms in total. The second-order valence-electron chi connectivity index (χ2n) is 6.13. The Morgan fingerprint density at radius 3 is 2.70 bits per heavy atom. The van der Waals surface area contributed by atoms with Gasteiger partial charge in [-0.05, 0) is 43.9 Å². The quantitative estimate of drug-likeness (QED) is 0.661. The highest BCUT2D eigenvalue weighted by Crippen LogP contribution is 2.27. The van der Waals surface area contributed by atoms with E-state index in [9.17, 15) is 4.79 Å². The third-order valence-corrected chi connectivity index (χ3v) is 4.06. The van der Waals surface area contributed by atoms with Gasteiger partial charge in [-0.15, -0.1) is 0 Å². The van der Waals surface area contributed by atoms with Crippen molar-refractivity contribution in [2.75, 3.05) is 13.1 Å². The van der Waals surface area contributed by atoms with E-state index < -0.39 is 0 Å². The molecule has 0 unspecified atom stereocenters. The third-order valence-electron chi connectivity index (χ3n) is 3.83. The second-order valence-corrected chi connectivity index (χ2v) is 6.57. The summed E-state index contributed by atoms with van der Waals surface area (Å²) in [6, 6.07) is 7.98. The lowest BCUT2D eigenvalue weighted by atomic mass is 10.1. The standard InChI is InChI=1S/C17H24ClNO/c1-13(2)8-10-19(16-6-7-16)11-9-17(20)14-4-3-5-15(18)12-14/h3-5,12-13,16H,6-11H2,1-2H3. The van der Waals surface area contributed by atoms with Crippen molar-refractivity contribution in [3.8, 4) is 0 Å². The second kappa shape index (κ2) is 7.24. The molecule has 0 saturated heterocycles. The van der Waals surface area contributed by atoms with E-state index in [1.165, 1.54) is 19.3 Å². The lowest BCUT2D eigenvalue weighted by Crippen LogP contribution is -2.30. The highest BCUT2D eigenvalue weighted by molar-refractivity contribution is 6.31. The number of halogens is 1. The Morgan fingerprint density at radius 1 is 1.35 bits per heavy atom. The van der Waals surface area contributed by atoms with Crippen LogP contribution in [0.25, 0.3) is 0 Å². The van der Waals surface area contributed by atoms with Gasteiger partial charge in [0.25, 0.3) is 0 Å². The van der Waals surface area contributed by atoms with Crippen LogP contribution < -0.4 is 0 Å². The van der Waals surface area contributed by atoms with Crippen molar-refractivity contribution < 1.29 is 4.79 Å². The minimum absolute atomic E-state index is 0.197. The van der Waals surface area contributed by atoms with Gasteiger partial charge in [-0.2, -0.15) is 0 Å². The molecular weight excluding hydrogens is 270 g/mol. The van der Waals surface area contributed by atoms with Crippen LogP contribution in [0.15, 0.2) is 24.3 Å². The molecule has 0 N–H and O–H groups in total. The minimum Gasteiger partial charge on any atom is -0.300 e. The Kier molecular flexibility index (Phi) is 5.62. The average molecular weight is 294 g/mol. The number of hydrogen-bond donors (Lipinski definition) is 0. The molecule has 1 aromatic carbocycles. The monoisotopic (exact) mass is 293 g/mol. The minimum atomic E-state index is 0.197. The summed E-state index contributed by atoms with van der Waals surface area (Å²) in [7, 11) is 0. The summed E-state index contributed by atoms with van der Waals surface area (Å²) >= 11 is 5.93. The van der Waals surface area contributed by atoms with E-state index in [0.717, 1.165) is 30.6 Å². The van der Waals surface area contributed by atoms with Crippen LogP contribution in [-0.2, 0) is 0 Å². The summed E-state index contributed by atoms with van der Waals surface area (Å²) in [4.78, 5) is 14.7. The van der Waals surface area contributed by atoms with Crippen molar-refractivity contribution in [2.24, 2.45) is 5.92 Å². The van der Waals surface area contributed by atoms with Crippen LogP contribution in [0.3, 0.4) is 0 Å². The molecule has 1 aliphatic carbocycles. The van der Waals surface area contributed by atoms with Gasteiger partial charge in [0.1, 0.15) is 0 Å². The maximum atomic E-state index is 12.2. The summed E-state index contributed by atoms with van der Waals surface area (Å²) in [5, 5.41) is 0.634. The van der Waals surface area contributed by atoms with Gasteiger partial charge in [-0.3, -0.25) is 9.69 Å². The van der Waals surface area contributed by atoms with Gasteiger partial charge >= 0.3 is 0 Å². The van der Waals surface area contributed by atoms with Gasteiger partial charge in [0.2, 0.25) is 0 Å². The smallest absolute Gasteiger partial charge is 0.164 e. The molecule has 110 valence electrons. The Morgan fingerprint density at radius 2 is 2.10 bits per heavy atom. The predicted octanol–water partition coefficient (Wildman–Crippen LogP) is 4.42. The van der Waals surface area contributed by atoms with E-state index in [0.29, 0.717) is 11.4 Å². The molecule has 0 heterocycles. The third kappa shape index (κ3) is 4.92. The van der Waals surface area contributed by atoms with Crippen LogP contribution in [0.1, 0.15) is 49.9 Å². The summed E-state index contributed by atoms with van der Waals surface area (Å²) in [5.41, 5.74) is 0.733. The SMILES string of the molecule is CC(C)CCN(CCC(=O)c1cccc(Cl)c1)C1CC1. The fourth-order valence-electron chi connectivity index (χ4n) is 2.39. The van der Waals surface area contributed by atoms with Crippen molar-refractivity contribution in [2.45, 2.75) is 45.6 Å². The van der Waals surface area contributed by atoms with Gasteiger partial charge in [0.05, 0.1) is 0 Å². The lowest BCUT2D eigenvalue weighted by Gasteiger charge is -2.22. The number of carbonyl (C=O) groups excluding carboxylic acids is 1. The van der Waals surface area contributed by atoms with Crippen molar-refractivity contribution >= 4 is 17.4 Å². The first kappa shape index (κ1) is 15.5. The first-order valence-corrected chi connectivity index (χ1v) is 7.97. The zero-order valence-corrected chi connectivity index (χ0v) is 13.2. The molecule has 1 saturated carbocycles. The predicted molar refractivity (Wildman–Crippen MR) is 84.4 cm³/mol. The number of nitrogens with zero attached hydrogens (tertiary/aromatic N) is 1. The number of carbonyl (C=O) groups is 1. The van der Waals surface area contributed by atoms with Gasteiger partial charge in [0, 0.05) is 29.6 Å². The van der Waals surface area contributed by atoms with Crippen LogP contribution >= 0.6 is 11.6 Å². The molecule has 1 fully saturated rings. The molecule has 0 spiro atoms. The maximum absolute atomic E-state index is 12.2. The maximum Gasteiger partial charge on any atom is 0.164 e. The Labute approximate surface area is 127 Å². The number of ketones is 1. The normalized spacial score (nSPS) is 15.1. The van der Waals surface area contributed by atoms with Gasteiger partial charge in [-0.25, -0.2) is 0 Å². The Hall–Kier alpha value is -0.860. The lowest BCUT2D eigenvalue weighted by molar-refractivity contribution is 0.0961. The van der Waals surface area contributed by atoms with Crippen LogP contribution in [0.5, 0.6) is 0 Å². The van der Waals surface area contributed by atoms with Crippen molar-refractivity contribution in [3.63, 3.8) is 0 Å². The van der Waals surface area contributed by atoms with Gasteiger partial charge in [0.15, 0.2) is 5.78 Å². The molecule has 0 radical (unpaired) electrons. The van der Waals surface area contributed by atoms with Crippen LogP contribution in [0, 0.1) is 5.92 Å². The summed E-state index contributed by atoms with van der Waals surface area (Å²) < 4.78 is 0. The first-order valence-electron chi connectivity index (χ1n) is 7.59. The highest BCUT2D eigenvalue weighted by Gasteiger charge is 2.28. The summed E-state index contributed by atoms with van der Waals surface area (Å²) in [6.45, 7) is 6.50. The number of rotatable bonds is 8. The Bertz CT molecular complexity index is 454. The van der Waals surface area contributed by atoms with E-state index in [1.807, 2.05) is 12.1 Å². The number of benzene rings is 1. The van der Waals surface area contributed by atoms with Crippen molar-refractivity contribution in [3.05, 3.63) is 34.9 Å². The van der Waals surface area contributed by atoms with Gasteiger partial charge in [-0.1, -0.05) is 37.6 Å². The van der Waals surface area contributed by atoms with Crippen molar-refractivity contribution in [1.29, 1.82) is 0 Å². The molecule has 20 heavy (non-hydrogen) atoms. The molecular formula is C17H24ClNO. The molecule has 1 aliphatic rings. The number of Topliss-reactive ketones (excluding diaryl/α,β-unsaturated/α-hetero) is 1. The summed E-state index contributed by atoms with van der Waals surface area (Å²) in [6.07, 6.45) is 4.39. The fourth-order valence-corrected chi connectivity index (χ4v) is 2.58. The largest absolute Gasteiger partial charge is 0.300 e. The first-order chi connectivity index (χ1) is 9.56.